The molecule has 3 atom stereocenters. The van der Waals surface area contributed by atoms with Crippen LogP contribution in [-0.2, 0) is 38.4 Å². The standard InChI is InChI=1S/C33H34N6O6/c34-16-30(41)37-27(14-20-17-35-25-7-3-1-5-23(20)25)31(42)38-28(15-21-18-36-26-8-4-2-6-24(21)26)32(43)39-29(33(44)45)13-19-9-11-22(40)12-10-19/h1-12,17-18,27-29,35-36,40H,13-16,34H2,(H,37,41)(H,38,42)(H,39,43)(H,44,45). The summed E-state index contributed by atoms with van der Waals surface area (Å²) < 4.78 is 0. The number of nitrogens with one attached hydrogen (secondary N) is 5. The molecular weight excluding hydrogens is 576 g/mol. The van der Waals surface area contributed by atoms with Gasteiger partial charge in [-0.25, -0.2) is 4.79 Å². The first-order valence-electron chi connectivity index (χ1n) is 14.4. The van der Waals surface area contributed by atoms with E-state index in [9.17, 15) is 29.4 Å². The number of carbonyl (C=O) groups is 4. The number of aromatic amines is 2. The molecule has 0 saturated heterocycles. The number of hydrogen-bond acceptors (Lipinski definition) is 6. The van der Waals surface area contributed by atoms with Crippen LogP contribution in [0.3, 0.4) is 0 Å². The van der Waals surface area contributed by atoms with Crippen LogP contribution < -0.4 is 21.7 Å². The van der Waals surface area contributed by atoms with Gasteiger partial charge in [-0.15, -0.1) is 0 Å². The number of carboxylic acids is 1. The van der Waals surface area contributed by atoms with Gasteiger partial charge in [0.25, 0.3) is 0 Å². The number of aliphatic carboxylic acids is 1. The van der Waals surface area contributed by atoms with E-state index in [1.165, 1.54) is 12.1 Å². The molecule has 3 amide bonds. The normalized spacial score (nSPS) is 13.2. The number of aromatic hydroxyl groups is 1. The summed E-state index contributed by atoms with van der Waals surface area (Å²) in [5.74, 6) is -3.13. The van der Waals surface area contributed by atoms with Crippen molar-refractivity contribution in [1.82, 2.24) is 25.9 Å². The quantitative estimate of drug-likeness (QED) is 0.0994. The minimum Gasteiger partial charge on any atom is -0.508 e. The van der Waals surface area contributed by atoms with E-state index in [1.54, 1.807) is 24.5 Å². The van der Waals surface area contributed by atoms with Crippen LogP contribution in [0.25, 0.3) is 21.8 Å². The molecule has 0 aliphatic rings. The summed E-state index contributed by atoms with van der Waals surface area (Å²) in [5, 5.41) is 29.2. The molecule has 2 heterocycles. The van der Waals surface area contributed by atoms with Crippen LogP contribution in [0.4, 0.5) is 0 Å². The lowest BCUT2D eigenvalue weighted by Crippen LogP contribution is -2.57. The number of hydrogen-bond donors (Lipinski definition) is 8. The topological polar surface area (TPSA) is 202 Å². The summed E-state index contributed by atoms with van der Waals surface area (Å²) in [6.45, 7) is -0.339. The number of phenols is 1. The van der Waals surface area contributed by atoms with Crippen molar-refractivity contribution >= 4 is 45.5 Å². The van der Waals surface area contributed by atoms with Gasteiger partial charge in [0.1, 0.15) is 23.9 Å². The number of rotatable bonds is 13. The predicted octanol–water partition coefficient (Wildman–Crippen LogP) is 1.88. The number of carboxylic acid groups (broad SMARTS) is 1. The Hall–Kier alpha value is -5.62. The molecule has 0 aliphatic carbocycles. The van der Waals surface area contributed by atoms with Crippen LogP contribution in [0, 0.1) is 0 Å². The van der Waals surface area contributed by atoms with E-state index in [-0.39, 0.29) is 31.6 Å². The molecule has 232 valence electrons. The maximum atomic E-state index is 13.8. The molecule has 5 rings (SSSR count). The Morgan fingerprint density at radius 3 is 1.67 bits per heavy atom. The lowest BCUT2D eigenvalue weighted by molar-refractivity contribution is -0.142. The first-order chi connectivity index (χ1) is 21.7. The third-order valence-electron chi connectivity index (χ3n) is 7.66. The van der Waals surface area contributed by atoms with Crippen molar-refractivity contribution in [2.75, 3.05) is 6.54 Å². The minimum atomic E-state index is -1.32. The largest absolute Gasteiger partial charge is 0.508 e. The van der Waals surface area contributed by atoms with Gasteiger partial charge in [-0.05, 0) is 41.0 Å². The third kappa shape index (κ3) is 7.48. The van der Waals surface area contributed by atoms with E-state index in [0.717, 1.165) is 32.9 Å². The Morgan fingerprint density at radius 2 is 1.16 bits per heavy atom. The highest BCUT2D eigenvalue weighted by Crippen LogP contribution is 2.21. The van der Waals surface area contributed by atoms with Crippen LogP contribution in [0.1, 0.15) is 16.7 Å². The molecule has 0 aliphatic heterocycles. The van der Waals surface area contributed by atoms with Gasteiger partial charge in [0.15, 0.2) is 0 Å². The van der Waals surface area contributed by atoms with Gasteiger partial charge in [-0.2, -0.15) is 0 Å². The summed E-state index contributed by atoms with van der Waals surface area (Å²) in [5.41, 5.74) is 9.34. The number of nitrogens with two attached hydrogens (primary N) is 1. The fourth-order valence-electron chi connectivity index (χ4n) is 5.33. The maximum absolute atomic E-state index is 13.8. The second-order valence-electron chi connectivity index (χ2n) is 10.8. The van der Waals surface area contributed by atoms with Crippen LogP contribution in [-0.4, -0.2) is 68.5 Å². The van der Waals surface area contributed by atoms with Crippen molar-refractivity contribution in [3.05, 3.63) is 102 Å². The number of para-hydroxylation sites is 2. The Balaban J connectivity index is 1.41. The Bertz CT molecular complexity index is 1830. The molecule has 2 aromatic heterocycles. The van der Waals surface area contributed by atoms with Gasteiger partial charge < -0.3 is 41.9 Å². The maximum Gasteiger partial charge on any atom is 0.326 e. The molecule has 5 aromatic rings. The van der Waals surface area contributed by atoms with E-state index >= 15 is 0 Å². The van der Waals surface area contributed by atoms with Crippen molar-refractivity contribution in [2.24, 2.45) is 5.73 Å². The Labute approximate surface area is 258 Å². The average molecular weight is 611 g/mol. The van der Waals surface area contributed by atoms with E-state index in [4.69, 9.17) is 5.73 Å². The first-order valence-corrected chi connectivity index (χ1v) is 14.4. The second kappa shape index (κ2) is 13.8. The zero-order valence-electron chi connectivity index (χ0n) is 24.2. The molecule has 0 saturated carbocycles. The van der Waals surface area contributed by atoms with Crippen molar-refractivity contribution in [1.29, 1.82) is 0 Å². The number of carbonyl (C=O) groups excluding carboxylic acids is 3. The SMILES string of the molecule is NCC(=O)NC(Cc1c[nH]c2ccccc12)C(=O)NC(Cc1c[nH]c2ccccc12)C(=O)NC(Cc1ccc(O)cc1)C(=O)O. The van der Waals surface area contributed by atoms with Gasteiger partial charge >= 0.3 is 5.97 Å². The highest BCUT2D eigenvalue weighted by atomic mass is 16.4. The monoisotopic (exact) mass is 610 g/mol. The smallest absolute Gasteiger partial charge is 0.326 e. The fourth-order valence-corrected chi connectivity index (χ4v) is 5.33. The molecule has 9 N–H and O–H groups in total. The summed E-state index contributed by atoms with van der Waals surface area (Å²) in [6.07, 6.45) is 3.60. The summed E-state index contributed by atoms with van der Waals surface area (Å²) in [6, 6.07) is 17.4. The van der Waals surface area contributed by atoms with Gasteiger partial charge in [-0.3, -0.25) is 14.4 Å². The van der Waals surface area contributed by atoms with E-state index < -0.39 is 41.8 Å². The van der Waals surface area contributed by atoms with Crippen molar-refractivity contribution in [3.8, 4) is 5.75 Å². The molecule has 0 bridgehead atoms. The molecule has 0 fully saturated rings. The number of benzene rings is 3. The molecule has 45 heavy (non-hydrogen) atoms. The van der Waals surface area contributed by atoms with Gasteiger partial charge in [0.05, 0.1) is 6.54 Å². The van der Waals surface area contributed by atoms with E-state index in [2.05, 4.69) is 25.9 Å². The Kier molecular flexibility index (Phi) is 9.44. The number of phenolic OH excluding ortho intramolecular Hbond substituents is 1. The van der Waals surface area contributed by atoms with Crippen LogP contribution in [0.5, 0.6) is 5.75 Å². The molecule has 12 heteroatoms. The second-order valence-corrected chi connectivity index (χ2v) is 10.8. The summed E-state index contributed by atoms with van der Waals surface area (Å²) >= 11 is 0. The van der Waals surface area contributed by atoms with Crippen molar-refractivity contribution < 1.29 is 29.4 Å². The van der Waals surface area contributed by atoms with Crippen LogP contribution in [0.2, 0.25) is 0 Å². The zero-order valence-corrected chi connectivity index (χ0v) is 24.2. The molecule has 0 radical (unpaired) electrons. The van der Waals surface area contributed by atoms with Crippen molar-refractivity contribution in [3.63, 3.8) is 0 Å². The van der Waals surface area contributed by atoms with Gasteiger partial charge in [0, 0.05) is 53.5 Å². The Morgan fingerprint density at radius 1 is 0.667 bits per heavy atom. The van der Waals surface area contributed by atoms with Gasteiger partial charge in [-0.1, -0.05) is 48.5 Å². The molecule has 3 aromatic carbocycles. The fraction of sp³-hybridized carbons (Fsp3) is 0.212. The number of amides is 3. The zero-order chi connectivity index (χ0) is 31.9. The van der Waals surface area contributed by atoms with Crippen LogP contribution >= 0.6 is 0 Å². The van der Waals surface area contributed by atoms with E-state index in [1.807, 2.05) is 48.5 Å². The summed E-state index contributed by atoms with van der Waals surface area (Å²) in [7, 11) is 0. The molecule has 3 unspecified atom stereocenters. The third-order valence-corrected chi connectivity index (χ3v) is 7.66. The van der Waals surface area contributed by atoms with Crippen LogP contribution in [0.15, 0.2) is 85.2 Å². The lowest BCUT2D eigenvalue weighted by Gasteiger charge is -2.24. The van der Waals surface area contributed by atoms with Crippen molar-refractivity contribution in [2.45, 2.75) is 37.4 Å². The molecule has 0 spiro atoms. The number of aromatic nitrogens is 2. The lowest BCUT2D eigenvalue weighted by atomic mass is 10.0. The molecule has 12 nitrogen and oxygen atoms in total. The number of H-pyrrole nitrogens is 2. The summed E-state index contributed by atoms with van der Waals surface area (Å²) in [4.78, 5) is 58.4. The van der Waals surface area contributed by atoms with E-state index in [0.29, 0.717) is 5.56 Å². The predicted molar refractivity (Wildman–Crippen MR) is 168 cm³/mol. The minimum absolute atomic E-state index is 0.0279. The molecular formula is C33H34N6O6. The highest BCUT2D eigenvalue weighted by molar-refractivity contribution is 5.95. The first kappa shape index (κ1) is 30.8. The number of fused-ring (bicyclic) bond motifs is 2. The highest BCUT2D eigenvalue weighted by Gasteiger charge is 2.31. The van der Waals surface area contributed by atoms with Gasteiger partial charge in [0.2, 0.25) is 17.7 Å². The average Bonchev–Trinajstić information content (AvgIpc) is 3.64.